The van der Waals surface area contributed by atoms with Crippen molar-refractivity contribution < 1.29 is 13.2 Å². The highest BCUT2D eigenvalue weighted by atomic mass is 32.2. The van der Waals surface area contributed by atoms with E-state index in [2.05, 4.69) is 10.0 Å². The highest BCUT2D eigenvalue weighted by Gasteiger charge is 2.24. The number of nitrogens with one attached hydrogen (secondary N) is 2. The molecule has 0 saturated heterocycles. The van der Waals surface area contributed by atoms with Gasteiger partial charge in [0.1, 0.15) is 0 Å². The summed E-state index contributed by atoms with van der Waals surface area (Å²) >= 11 is 0. The van der Waals surface area contributed by atoms with Crippen LogP contribution in [0, 0.1) is 20.8 Å². The number of carbonyl (C=O) groups excluding carboxylic acids is 1. The highest BCUT2D eigenvalue weighted by molar-refractivity contribution is 7.89. The average Bonchev–Trinajstić information content (AvgIpc) is 2.71. The number of rotatable bonds is 7. The van der Waals surface area contributed by atoms with Crippen LogP contribution >= 0.6 is 0 Å². The van der Waals surface area contributed by atoms with Crippen LogP contribution in [0.2, 0.25) is 0 Å². The lowest BCUT2D eigenvalue weighted by Gasteiger charge is -2.19. The minimum atomic E-state index is -3.79. The summed E-state index contributed by atoms with van der Waals surface area (Å²) in [6.07, 6.45) is -0.0258. The molecule has 5 nitrogen and oxygen atoms in total. The van der Waals surface area contributed by atoms with Crippen molar-refractivity contribution in [3.05, 3.63) is 95.1 Å². The fraction of sp³-hybridized carbons (Fsp3) is 0.208. The lowest BCUT2D eigenvalue weighted by atomic mass is 10.0. The number of carbonyl (C=O) groups is 1. The first-order valence-electron chi connectivity index (χ1n) is 9.75. The predicted molar refractivity (Wildman–Crippen MR) is 120 cm³/mol. The Balaban J connectivity index is 1.81. The van der Waals surface area contributed by atoms with Gasteiger partial charge in [-0.1, -0.05) is 54.1 Å². The van der Waals surface area contributed by atoms with Gasteiger partial charge in [-0.25, -0.2) is 13.1 Å². The molecule has 0 fully saturated rings. The van der Waals surface area contributed by atoms with E-state index >= 15 is 0 Å². The van der Waals surface area contributed by atoms with Crippen LogP contribution in [0.5, 0.6) is 0 Å². The van der Waals surface area contributed by atoms with Gasteiger partial charge in [0, 0.05) is 12.1 Å². The molecule has 3 aromatic rings. The van der Waals surface area contributed by atoms with Gasteiger partial charge >= 0.3 is 0 Å². The second-order valence-electron chi connectivity index (χ2n) is 7.45. The SMILES string of the molecule is Cc1ccc(S(=O)(=O)N[C@H](CC(=O)Nc2ccc(C)c(C)c2)c2ccccc2)cc1. The van der Waals surface area contributed by atoms with E-state index in [0.717, 1.165) is 22.3 Å². The van der Waals surface area contributed by atoms with Crippen molar-refractivity contribution in [1.82, 2.24) is 4.72 Å². The van der Waals surface area contributed by atoms with Gasteiger partial charge in [0.25, 0.3) is 0 Å². The summed E-state index contributed by atoms with van der Waals surface area (Å²) < 4.78 is 28.5. The summed E-state index contributed by atoms with van der Waals surface area (Å²) in [6.45, 7) is 5.88. The number of benzene rings is 3. The van der Waals surface area contributed by atoms with Crippen LogP contribution in [0.1, 0.15) is 34.7 Å². The molecule has 1 amide bonds. The fourth-order valence-corrected chi connectivity index (χ4v) is 4.33. The summed E-state index contributed by atoms with van der Waals surface area (Å²) in [7, 11) is -3.79. The number of amides is 1. The zero-order chi connectivity index (χ0) is 21.7. The third-order valence-corrected chi connectivity index (χ3v) is 6.50. The molecule has 0 aromatic heterocycles. The molecule has 0 aliphatic carbocycles. The number of aryl methyl sites for hydroxylation is 3. The van der Waals surface area contributed by atoms with E-state index in [-0.39, 0.29) is 17.2 Å². The average molecular weight is 423 g/mol. The molecular formula is C24H26N2O3S. The van der Waals surface area contributed by atoms with Gasteiger partial charge in [0.2, 0.25) is 15.9 Å². The van der Waals surface area contributed by atoms with Crippen LogP contribution in [0.15, 0.2) is 77.7 Å². The van der Waals surface area contributed by atoms with Crippen LogP contribution in [-0.2, 0) is 14.8 Å². The first-order chi connectivity index (χ1) is 14.2. The maximum atomic E-state index is 12.9. The monoisotopic (exact) mass is 422 g/mol. The third-order valence-electron chi connectivity index (χ3n) is 5.01. The second kappa shape index (κ2) is 9.24. The molecule has 0 radical (unpaired) electrons. The van der Waals surface area contributed by atoms with E-state index in [4.69, 9.17) is 0 Å². The molecule has 0 aliphatic rings. The molecule has 30 heavy (non-hydrogen) atoms. The Morgan fingerprint density at radius 2 is 1.53 bits per heavy atom. The standard InChI is InChI=1S/C24H26N2O3S/c1-17-9-13-22(14-10-17)30(28,29)26-23(20-7-5-4-6-8-20)16-24(27)25-21-12-11-18(2)19(3)15-21/h4-15,23,26H,16H2,1-3H3,(H,25,27)/t23-/m1/s1. The number of hydrogen-bond donors (Lipinski definition) is 2. The Hall–Kier alpha value is -2.96. The van der Waals surface area contributed by atoms with Gasteiger partial charge in [0.15, 0.2) is 0 Å². The largest absolute Gasteiger partial charge is 0.326 e. The first-order valence-corrected chi connectivity index (χ1v) is 11.2. The van der Waals surface area contributed by atoms with E-state index in [1.54, 1.807) is 24.3 Å². The Bertz CT molecular complexity index is 1120. The first kappa shape index (κ1) is 21.7. The molecule has 0 heterocycles. The molecular weight excluding hydrogens is 396 g/mol. The Kier molecular flexibility index (Phi) is 6.70. The van der Waals surface area contributed by atoms with Crippen molar-refractivity contribution in [3.8, 4) is 0 Å². The minimum absolute atomic E-state index is 0.0258. The molecule has 0 aliphatic heterocycles. The molecule has 0 unspecified atom stereocenters. The molecule has 2 N–H and O–H groups in total. The number of anilines is 1. The van der Waals surface area contributed by atoms with Crippen molar-refractivity contribution in [2.24, 2.45) is 0 Å². The Labute approximate surface area is 178 Å². The van der Waals surface area contributed by atoms with E-state index in [9.17, 15) is 13.2 Å². The molecule has 3 aromatic carbocycles. The summed E-state index contributed by atoms with van der Waals surface area (Å²) in [6, 6.07) is 20.7. The van der Waals surface area contributed by atoms with Gasteiger partial charge in [-0.05, 0) is 61.7 Å². The molecule has 156 valence electrons. The maximum absolute atomic E-state index is 12.9. The van der Waals surface area contributed by atoms with Crippen LogP contribution in [0.4, 0.5) is 5.69 Å². The quantitative estimate of drug-likeness (QED) is 0.581. The van der Waals surface area contributed by atoms with Gasteiger partial charge < -0.3 is 5.32 Å². The lowest BCUT2D eigenvalue weighted by Crippen LogP contribution is -2.31. The maximum Gasteiger partial charge on any atom is 0.241 e. The van der Waals surface area contributed by atoms with E-state index in [1.165, 1.54) is 0 Å². The van der Waals surface area contributed by atoms with Gasteiger partial charge in [-0.3, -0.25) is 4.79 Å². The number of sulfonamides is 1. The van der Waals surface area contributed by atoms with Crippen molar-refractivity contribution in [2.75, 3.05) is 5.32 Å². The Morgan fingerprint density at radius 3 is 2.17 bits per heavy atom. The third kappa shape index (κ3) is 5.55. The number of hydrogen-bond acceptors (Lipinski definition) is 3. The topological polar surface area (TPSA) is 75.3 Å². The van der Waals surface area contributed by atoms with Crippen LogP contribution < -0.4 is 10.0 Å². The zero-order valence-corrected chi connectivity index (χ0v) is 18.2. The molecule has 6 heteroatoms. The molecule has 0 bridgehead atoms. The van der Waals surface area contributed by atoms with Gasteiger partial charge in [-0.15, -0.1) is 0 Å². The smallest absolute Gasteiger partial charge is 0.241 e. The van der Waals surface area contributed by atoms with Crippen molar-refractivity contribution in [3.63, 3.8) is 0 Å². The second-order valence-corrected chi connectivity index (χ2v) is 9.16. The van der Waals surface area contributed by atoms with E-state index < -0.39 is 16.1 Å². The molecule has 3 rings (SSSR count). The van der Waals surface area contributed by atoms with Crippen LogP contribution in [0.3, 0.4) is 0 Å². The fourth-order valence-electron chi connectivity index (χ4n) is 3.10. The predicted octanol–water partition coefficient (Wildman–Crippen LogP) is 4.66. The summed E-state index contributed by atoms with van der Waals surface area (Å²) in [5.74, 6) is -0.265. The zero-order valence-electron chi connectivity index (χ0n) is 17.3. The van der Waals surface area contributed by atoms with Gasteiger partial charge in [-0.2, -0.15) is 0 Å². The summed E-state index contributed by atoms with van der Waals surface area (Å²) in [5.41, 5.74) is 4.61. The Morgan fingerprint density at radius 1 is 0.867 bits per heavy atom. The molecule has 0 spiro atoms. The highest BCUT2D eigenvalue weighted by Crippen LogP contribution is 2.22. The van der Waals surface area contributed by atoms with Crippen molar-refractivity contribution in [1.29, 1.82) is 0 Å². The lowest BCUT2D eigenvalue weighted by molar-refractivity contribution is -0.116. The minimum Gasteiger partial charge on any atom is -0.326 e. The summed E-state index contributed by atoms with van der Waals surface area (Å²) in [4.78, 5) is 12.9. The van der Waals surface area contributed by atoms with E-state index in [0.29, 0.717) is 5.69 Å². The molecule has 1 atom stereocenters. The van der Waals surface area contributed by atoms with Crippen molar-refractivity contribution >= 4 is 21.6 Å². The normalized spacial score (nSPS) is 12.4. The summed E-state index contributed by atoms with van der Waals surface area (Å²) in [5, 5.41) is 2.87. The molecule has 0 saturated carbocycles. The van der Waals surface area contributed by atoms with Crippen LogP contribution in [0.25, 0.3) is 0 Å². The van der Waals surface area contributed by atoms with Gasteiger partial charge in [0.05, 0.1) is 10.9 Å². The van der Waals surface area contributed by atoms with E-state index in [1.807, 2.05) is 69.3 Å². The van der Waals surface area contributed by atoms with Crippen molar-refractivity contribution in [2.45, 2.75) is 38.1 Å². The van der Waals surface area contributed by atoms with Crippen LogP contribution in [-0.4, -0.2) is 14.3 Å².